The summed E-state index contributed by atoms with van der Waals surface area (Å²) in [4.78, 5) is 0. The van der Waals surface area contributed by atoms with E-state index in [0.29, 0.717) is 12.1 Å². The molecule has 0 aromatic rings. The fourth-order valence-electron chi connectivity index (χ4n) is 0.450. The van der Waals surface area contributed by atoms with E-state index in [4.69, 9.17) is 5.11 Å². The van der Waals surface area contributed by atoms with Crippen LogP contribution < -0.4 is 5.43 Å². The van der Waals surface area contributed by atoms with Crippen molar-refractivity contribution in [3.63, 3.8) is 0 Å². The lowest BCUT2D eigenvalue weighted by Gasteiger charge is -1.85. The van der Waals surface area contributed by atoms with E-state index in [0.717, 1.165) is 0 Å². The molecular formula is C4H6N3O. The molecular weight excluding hydrogens is 106 g/mol. The summed E-state index contributed by atoms with van der Waals surface area (Å²) in [5, 5.41) is 15.5. The molecule has 4 heteroatoms. The van der Waals surface area contributed by atoms with Gasteiger partial charge in [-0.1, -0.05) is 12.3 Å². The fraction of sp³-hybridized carbons (Fsp3) is 0.500. The van der Waals surface area contributed by atoms with Crippen LogP contribution in [0.4, 0.5) is 0 Å². The van der Waals surface area contributed by atoms with Crippen molar-refractivity contribution in [1.29, 1.82) is 0 Å². The number of rotatable bonds is 1. The van der Waals surface area contributed by atoms with Crippen molar-refractivity contribution in [2.24, 2.45) is 10.3 Å². The topological polar surface area (TPSA) is 59.0 Å². The summed E-state index contributed by atoms with van der Waals surface area (Å²) < 4.78 is 0. The molecule has 0 aromatic carbocycles. The first-order valence-corrected chi connectivity index (χ1v) is 2.38. The first-order chi connectivity index (χ1) is 3.84. The minimum atomic E-state index is -0.0486. The zero-order valence-electron chi connectivity index (χ0n) is 4.50. The number of allylic oxidation sites excluding steroid dienone is 1. The molecule has 0 aliphatic carbocycles. The van der Waals surface area contributed by atoms with Crippen LogP contribution in [0.2, 0.25) is 0 Å². The second-order valence-corrected chi connectivity index (χ2v) is 1.41. The van der Waals surface area contributed by atoms with Gasteiger partial charge in [0.2, 0.25) is 0 Å². The molecule has 1 radical (unpaired) electrons. The quantitative estimate of drug-likeness (QED) is 0.542. The van der Waals surface area contributed by atoms with E-state index in [2.05, 4.69) is 15.8 Å². The zero-order valence-corrected chi connectivity index (χ0v) is 4.50. The number of aliphatic hydroxyl groups excluding tert-OH is 1. The predicted octanol–water partition coefficient (Wildman–Crippen LogP) is 1.11. The van der Waals surface area contributed by atoms with Gasteiger partial charge in [0.05, 0.1) is 0 Å². The lowest BCUT2D eigenvalue weighted by Crippen LogP contribution is -1.90. The van der Waals surface area contributed by atoms with E-state index in [1.807, 2.05) is 6.92 Å². The van der Waals surface area contributed by atoms with Crippen molar-refractivity contribution in [2.75, 3.05) is 0 Å². The van der Waals surface area contributed by atoms with Gasteiger partial charge in [0, 0.05) is 0 Å². The van der Waals surface area contributed by atoms with Crippen molar-refractivity contribution >= 4 is 0 Å². The number of aliphatic hydroxyl groups is 1. The van der Waals surface area contributed by atoms with Crippen LogP contribution in [-0.4, -0.2) is 5.11 Å². The summed E-state index contributed by atoms with van der Waals surface area (Å²) in [6.07, 6.45) is 0.679. The molecule has 1 aliphatic heterocycles. The van der Waals surface area contributed by atoms with E-state index in [9.17, 15) is 0 Å². The SMILES string of the molecule is CCC1=C(O)[N]N=N1. The maximum absolute atomic E-state index is 8.71. The summed E-state index contributed by atoms with van der Waals surface area (Å²) in [5.41, 5.74) is 3.84. The van der Waals surface area contributed by atoms with Gasteiger partial charge >= 0.3 is 0 Å². The van der Waals surface area contributed by atoms with Gasteiger partial charge in [-0.25, -0.2) is 0 Å². The number of nitrogens with zero attached hydrogens (tertiary/aromatic N) is 3. The molecule has 4 nitrogen and oxygen atoms in total. The summed E-state index contributed by atoms with van der Waals surface area (Å²) in [7, 11) is 0. The number of hydrogen-bond acceptors (Lipinski definition) is 3. The van der Waals surface area contributed by atoms with Gasteiger partial charge in [-0.3, -0.25) is 0 Å². The molecule has 43 valence electrons. The summed E-state index contributed by atoms with van der Waals surface area (Å²) in [6.45, 7) is 1.88. The molecule has 0 bridgehead atoms. The maximum Gasteiger partial charge on any atom is 0.256 e. The Bertz CT molecular complexity index is 149. The molecule has 1 heterocycles. The molecule has 0 saturated heterocycles. The second kappa shape index (κ2) is 1.81. The molecule has 0 saturated carbocycles. The lowest BCUT2D eigenvalue weighted by atomic mass is 10.4. The van der Waals surface area contributed by atoms with E-state index in [1.54, 1.807) is 0 Å². The van der Waals surface area contributed by atoms with Crippen LogP contribution in [0, 0.1) is 0 Å². The third-order valence-corrected chi connectivity index (χ3v) is 0.898. The Morgan fingerprint density at radius 3 is 2.62 bits per heavy atom. The Hall–Kier alpha value is -1.06. The zero-order chi connectivity index (χ0) is 5.98. The molecule has 0 unspecified atom stereocenters. The Balaban J connectivity index is 2.70. The van der Waals surface area contributed by atoms with Crippen LogP contribution in [0.1, 0.15) is 13.3 Å². The Morgan fingerprint density at radius 1 is 1.62 bits per heavy atom. The van der Waals surface area contributed by atoms with Crippen molar-refractivity contribution in [1.82, 2.24) is 5.43 Å². The first-order valence-electron chi connectivity index (χ1n) is 2.38. The molecule has 0 aromatic heterocycles. The third-order valence-electron chi connectivity index (χ3n) is 0.898. The standard InChI is InChI=1S/C4H6N3O/c1-2-3-4(8)6-7-5-3/h8H,2H2,1H3. The summed E-state index contributed by atoms with van der Waals surface area (Å²) in [6, 6.07) is 0. The molecule has 0 atom stereocenters. The maximum atomic E-state index is 8.71. The largest absolute Gasteiger partial charge is 0.491 e. The highest BCUT2D eigenvalue weighted by Crippen LogP contribution is 2.11. The van der Waals surface area contributed by atoms with Crippen molar-refractivity contribution < 1.29 is 5.11 Å². The molecule has 1 rings (SSSR count). The van der Waals surface area contributed by atoms with Crippen LogP contribution in [0.3, 0.4) is 0 Å². The van der Waals surface area contributed by atoms with Gasteiger partial charge in [0.1, 0.15) is 5.70 Å². The predicted molar refractivity (Wildman–Crippen MR) is 26.9 cm³/mol. The normalized spacial score (nSPS) is 17.1. The highest BCUT2D eigenvalue weighted by molar-refractivity contribution is 5.04. The van der Waals surface area contributed by atoms with Crippen LogP contribution in [0.15, 0.2) is 21.9 Å². The summed E-state index contributed by atoms with van der Waals surface area (Å²) >= 11 is 0. The molecule has 8 heavy (non-hydrogen) atoms. The van der Waals surface area contributed by atoms with Gasteiger partial charge in [-0.2, -0.15) is 0 Å². The number of hydrogen-bond donors (Lipinski definition) is 1. The van der Waals surface area contributed by atoms with Crippen molar-refractivity contribution in [3.8, 4) is 0 Å². The van der Waals surface area contributed by atoms with E-state index >= 15 is 0 Å². The van der Waals surface area contributed by atoms with Crippen LogP contribution in [0.25, 0.3) is 0 Å². The van der Waals surface area contributed by atoms with Crippen LogP contribution in [0.5, 0.6) is 0 Å². The molecule has 0 spiro atoms. The average molecular weight is 112 g/mol. The minimum Gasteiger partial charge on any atom is -0.491 e. The molecule has 1 aliphatic rings. The molecule has 0 amide bonds. The highest BCUT2D eigenvalue weighted by atomic mass is 16.3. The van der Waals surface area contributed by atoms with Crippen molar-refractivity contribution in [2.45, 2.75) is 13.3 Å². The van der Waals surface area contributed by atoms with E-state index < -0.39 is 0 Å². The third kappa shape index (κ3) is 0.641. The Morgan fingerprint density at radius 2 is 2.38 bits per heavy atom. The highest BCUT2D eigenvalue weighted by Gasteiger charge is 2.08. The van der Waals surface area contributed by atoms with Crippen LogP contribution in [-0.2, 0) is 0 Å². The minimum absolute atomic E-state index is 0.0486. The monoisotopic (exact) mass is 112 g/mol. The smallest absolute Gasteiger partial charge is 0.256 e. The average Bonchev–Trinajstić information content (AvgIpc) is 2.14. The van der Waals surface area contributed by atoms with Crippen molar-refractivity contribution in [3.05, 3.63) is 11.6 Å². The lowest BCUT2D eigenvalue weighted by molar-refractivity contribution is 0.365. The summed E-state index contributed by atoms with van der Waals surface area (Å²) in [5.74, 6) is -0.0486. The van der Waals surface area contributed by atoms with Gasteiger partial charge in [-0.05, 0) is 11.6 Å². The first kappa shape index (κ1) is 5.08. The van der Waals surface area contributed by atoms with Gasteiger partial charge < -0.3 is 5.11 Å². The van der Waals surface area contributed by atoms with E-state index in [-0.39, 0.29) is 5.88 Å². The molecule has 0 fully saturated rings. The van der Waals surface area contributed by atoms with Gasteiger partial charge in [0.25, 0.3) is 5.88 Å². The Kier molecular flexibility index (Phi) is 1.15. The van der Waals surface area contributed by atoms with Crippen LogP contribution >= 0.6 is 0 Å². The van der Waals surface area contributed by atoms with Gasteiger partial charge in [0.15, 0.2) is 0 Å². The van der Waals surface area contributed by atoms with E-state index in [1.165, 1.54) is 0 Å². The second-order valence-electron chi connectivity index (χ2n) is 1.41. The molecule has 1 N–H and O–H groups in total. The van der Waals surface area contributed by atoms with Gasteiger partial charge in [-0.15, -0.1) is 5.11 Å². The Labute approximate surface area is 46.9 Å². The fourth-order valence-corrected chi connectivity index (χ4v) is 0.450.